The van der Waals surface area contributed by atoms with E-state index in [1.165, 1.54) is 13.2 Å². The average Bonchev–Trinajstić information content (AvgIpc) is 3.22. The van der Waals surface area contributed by atoms with Crippen molar-refractivity contribution in [2.24, 2.45) is 0 Å². The van der Waals surface area contributed by atoms with Gasteiger partial charge in [0.15, 0.2) is 5.69 Å². The molecule has 1 aliphatic rings. The molecule has 7 nitrogen and oxygen atoms in total. The predicted octanol–water partition coefficient (Wildman–Crippen LogP) is 0.342. The average molecular weight is 264 g/mol. The monoisotopic (exact) mass is 264 g/mol. The van der Waals surface area contributed by atoms with Crippen molar-refractivity contribution in [3.8, 4) is 0 Å². The number of carbonyl (C=O) groups excluding carboxylic acids is 2. The molecule has 1 atom stereocenters. The van der Waals surface area contributed by atoms with Gasteiger partial charge in [-0.15, -0.1) is 10.2 Å². The van der Waals surface area contributed by atoms with E-state index in [2.05, 4.69) is 25.6 Å². The minimum atomic E-state index is -0.543. The number of aromatic nitrogens is 2. The van der Waals surface area contributed by atoms with E-state index in [9.17, 15) is 9.59 Å². The van der Waals surface area contributed by atoms with Crippen LogP contribution in [0.25, 0.3) is 0 Å². The van der Waals surface area contributed by atoms with E-state index < -0.39 is 12.0 Å². The molecule has 0 bridgehead atoms. The van der Waals surface area contributed by atoms with Crippen LogP contribution in [0.2, 0.25) is 0 Å². The maximum Gasteiger partial charge on any atom is 0.358 e. The van der Waals surface area contributed by atoms with Gasteiger partial charge in [0, 0.05) is 6.04 Å². The summed E-state index contributed by atoms with van der Waals surface area (Å²) in [6.07, 6.45) is 2.10. The zero-order valence-electron chi connectivity index (χ0n) is 10.8. The van der Waals surface area contributed by atoms with Crippen molar-refractivity contribution < 1.29 is 14.3 Å². The van der Waals surface area contributed by atoms with Gasteiger partial charge >= 0.3 is 5.97 Å². The minimum Gasteiger partial charge on any atom is -0.464 e. The molecule has 0 spiro atoms. The molecule has 0 radical (unpaired) electrons. The zero-order valence-corrected chi connectivity index (χ0v) is 10.8. The van der Waals surface area contributed by atoms with Gasteiger partial charge in [0.25, 0.3) is 0 Å². The third-order valence-electron chi connectivity index (χ3n) is 2.74. The highest BCUT2D eigenvalue weighted by atomic mass is 16.5. The topological polar surface area (TPSA) is 93.2 Å². The molecule has 1 aliphatic carbocycles. The lowest BCUT2D eigenvalue weighted by Gasteiger charge is -2.13. The summed E-state index contributed by atoms with van der Waals surface area (Å²) >= 11 is 0. The third-order valence-corrected chi connectivity index (χ3v) is 2.74. The van der Waals surface area contributed by atoms with E-state index in [1.54, 1.807) is 13.0 Å². The molecule has 1 aromatic heterocycles. The summed E-state index contributed by atoms with van der Waals surface area (Å²) in [5, 5.41) is 13.3. The van der Waals surface area contributed by atoms with Crippen LogP contribution in [-0.4, -0.2) is 41.3 Å². The van der Waals surface area contributed by atoms with Gasteiger partial charge in [-0.3, -0.25) is 4.79 Å². The van der Waals surface area contributed by atoms with Crippen LogP contribution in [0.4, 0.5) is 5.82 Å². The van der Waals surface area contributed by atoms with Crippen molar-refractivity contribution in [2.75, 3.05) is 12.4 Å². The molecule has 1 aromatic rings. The van der Waals surface area contributed by atoms with Gasteiger partial charge in [-0.05, 0) is 31.9 Å². The molecule has 0 aromatic carbocycles. The summed E-state index contributed by atoms with van der Waals surface area (Å²) in [5.41, 5.74) is 0.128. The van der Waals surface area contributed by atoms with Crippen LogP contribution in [0.3, 0.4) is 0 Å². The molecule has 1 amide bonds. The van der Waals surface area contributed by atoms with Crippen molar-refractivity contribution in [3.63, 3.8) is 0 Å². The first-order valence-corrected chi connectivity index (χ1v) is 6.09. The number of carbonyl (C=O) groups is 2. The van der Waals surface area contributed by atoms with Crippen LogP contribution in [0.15, 0.2) is 12.1 Å². The molecule has 0 aliphatic heterocycles. The van der Waals surface area contributed by atoms with Gasteiger partial charge < -0.3 is 15.4 Å². The Kier molecular flexibility index (Phi) is 3.94. The molecular weight excluding hydrogens is 248 g/mol. The van der Waals surface area contributed by atoms with E-state index >= 15 is 0 Å². The number of amides is 1. The van der Waals surface area contributed by atoms with Crippen LogP contribution >= 0.6 is 0 Å². The summed E-state index contributed by atoms with van der Waals surface area (Å²) in [7, 11) is 1.28. The Morgan fingerprint density at radius 3 is 2.63 bits per heavy atom. The summed E-state index contributed by atoms with van der Waals surface area (Å²) in [6.45, 7) is 1.74. The van der Waals surface area contributed by atoms with Crippen LogP contribution in [-0.2, 0) is 9.53 Å². The normalized spacial score (nSPS) is 15.5. The lowest BCUT2D eigenvalue weighted by Crippen LogP contribution is -2.38. The third kappa shape index (κ3) is 3.64. The Balaban J connectivity index is 1.90. The van der Waals surface area contributed by atoms with Crippen LogP contribution in [0.1, 0.15) is 30.3 Å². The van der Waals surface area contributed by atoms with E-state index in [0.717, 1.165) is 12.8 Å². The Morgan fingerprint density at radius 1 is 1.37 bits per heavy atom. The minimum absolute atomic E-state index is 0.0682. The first-order valence-electron chi connectivity index (χ1n) is 6.09. The van der Waals surface area contributed by atoms with Gasteiger partial charge in [0.05, 0.1) is 7.11 Å². The number of hydrogen-bond acceptors (Lipinski definition) is 6. The summed E-state index contributed by atoms with van der Waals surface area (Å²) in [6, 6.07) is 3.00. The molecule has 102 valence electrons. The number of nitrogens with zero attached hydrogens (tertiary/aromatic N) is 2. The second kappa shape index (κ2) is 5.64. The van der Waals surface area contributed by atoms with Crippen LogP contribution in [0, 0.1) is 0 Å². The highest BCUT2D eigenvalue weighted by Gasteiger charge is 2.25. The SMILES string of the molecule is COC(=O)c1ccc(NC(C)C(=O)NC2CC2)nn1. The standard InChI is InChI=1S/C12H16N4O3/c1-7(11(17)14-8-3-4-8)13-10-6-5-9(15-16-10)12(18)19-2/h5-8H,3-4H2,1-2H3,(H,13,16)(H,14,17). The summed E-state index contributed by atoms with van der Waals surface area (Å²) in [5.74, 6) is -0.175. The van der Waals surface area contributed by atoms with Crippen molar-refractivity contribution in [3.05, 3.63) is 17.8 Å². The first-order chi connectivity index (χ1) is 9.10. The first kappa shape index (κ1) is 13.3. The number of anilines is 1. The number of nitrogens with one attached hydrogen (secondary N) is 2. The molecule has 7 heteroatoms. The lowest BCUT2D eigenvalue weighted by atomic mass is 10.3. The molecule has 1 fully saturated rings. The Bertz CT molecular complexity index is 470. The Labute approximate surface area is 110 Å². The molecule has 19 heavy (non-hydrogen) atoms. The maximum atomic E-state index is 11.7. The zero-order chi connectivity index (χ0) is 13.8. The van der Waals surface area contributed by atoms with Gasteiger partial charge in [-0.1, -0.05) is 0 Å². The molecule has 2 rings (SSSR count). The largest absolute Gasteiger partial charge is 0.464 e. The number of rotatable bonds is 5. The molecule has 2 N–H and O–H groups in total. The van der Waals surface area contributed by atoms with Crippen molar-refractivity contribution in [2.45, 2.75) is 31.8 Å². The molecule has 1 heterocycles. The van der Waals surface area contributed by atoms with Gasteiger partial charge in [0.1, 0.15) is 11.9 Å². The van der Waals surface area contributed by atoms with Gasteiger partial charge in [-0.25, -0.2) is 4.79 Å². The van der Waals surface area contributed by atoms with Crippen molar-refractivity contribution >= 4 is 17.7 Å². The molecule has 1 unspecified atom stereocenters. The molecule has 0 saturated heterocycles. The second-order valence-electron chi connectivity index (χ2n) is 4.44. The Morgan fingerprint density at radius 2 is 2.11 bits per heavy atom. The number of ether oxygens (including phenoxy) is 1. The summed E-state index contributed by atoms with van der Waals surface area (Å²) in [4.78, 5) is 22.9. The smallest absolute Gasteiger partial charge is 0.358 e. The van der Waals surface area contributed by atoms with Gasteiger partial charge in [0.2, 0.25) is 5.91 Å². The predicted molar refractivity (Wildman–Crippen MR) is 67.6 cm³/mol. The maximum absolute atomic E-state index is 11.7. The number of methoxy groups -OCH3 is 1. The highest BCUT2D eigenvalue weighted by molar-refractivity contribution is 5.87. The fraction of sp³-hybridized carbons (Fsp3) is 0.500. The molecular formula is C12H16N4O3. The summed E-state index contributed by atoms with van der Waals surface area (Å²) < 4.78 is 4.52. The second-order valence-corrected chi connectivity index (χ2v) is 4.44. The van der Waals surface area contributed by atoms with E-state index in [4.69, 9.17) is 0 Å². The highest BCUT2D eigenvalue weighted by Crippen LogP contribution is 2.18. The van der Waals surface area contributed by atoms with E-state index in [-0.39, 0.29) is 11.6 Å². The number of esters is 1. The Hall–Kier alpha value is -2.18. The lowest BCUT2D eigenvalue weighted by molar-refractivity contribution is -0.121. The van der Waals surface area contributed by atoms with Crippen LogP contribution < -0.4 is 10.6 Å². The van der Waals surface area contributed by atoms with Crippen LogP contribution in [0.5, 0.6) is 0 Å². The van der Waals surface area contributed by atoms with Gasteiger partial charge in [-0.2, -0.15) is 0 Å². The van der Waals surface area contributed by atoms with E-state index in [0.29, 0.717) is 11.9 Å². The van der Waals surface area contributed by atoms with E-state index in [1.807, 2.05) is 0 Å². The quantitative estimate of drug-likeness (QED) is 0.745. The number of hydrogen-bond donors (Lipinski definition) is 2. The van der Waals surface area contributed by atoms with Crippen molar-refractivity contribution in [1.29, 1.82) is 0 Å². The fourth-order valence-corrected chi connectivity index (χ4v) is 1.46. The van der Waals surface area contributed by atoms with Crippen molar-refractivity contribution in [1.82, 2.24) is 15.5 Å². The molecule has 1 saturated carbocycles. The fourth-order valence-electron chi connectivity index (χ4n) is 1.46.